The van der Waals surface area contributed by atoms with E-state index in [0.717, 1.165) is 22.9 Å². The summed E-state index contributed by atoms with van der Waals surface area (Å²) in [6, 6.07) is 17.9. The van der Waals surface area contributed by atoms with Crippen LogP contribution in [0.4, 0.5) is 0 Å². The monoisotopic (exact) mass is 437 g/mol. The normalized spacial score (nSPS) is 13.5. The number of nitrogens with zero attached hydrogens (tertiary/aromatic N) is 3. The van der Waals surface area contributed by atoms with Gasteiger partial charge in [0.05, 0.1) is 18.7 Å². The molecule has 0 spiro atoms. The molecular weight excluding hydrogens is 410 g/mol. The van der Waals surface area contributed by atoms with Crippen LogP contribution in [0.25, 0.3) is 11.1 Å². The molecule has 0 amide bonds. The minimum Gasteiger partial charge on any atom is -0.481 e. The molecule has 8 heteroatoms. The molecule has 3 N–H and O–H groups in total. The van der Waals surface area contributed by atoms with E-state index < -0.39 is 29.8 Å². The first-order chi connectivity index (χ1) is 15.2. The average molecular weight is 437 g/mol. The number of hydrogen-bond donors (Lipinski definition) is 3. The van der Waals surface area contributed by atoms with Gasteiger partial charge in [-0.2, -0.15) is 0 Å². The number of carboxylic acid groups (broad SMARTS) is 1. The lowest BCUT2D eigenvalue weighted by Crippen LogP contribution is -2.37. The molecule has 3 rings (SSSR count). The van der Waals surface area contributed by atoms with Gasteiger partial charge in [0, 0.05) is 5.41 Å². The molecule has 0 saturated heterocycles. The zero-order valence-corrected chi connectivity index (χ0v) is 18.0. The van der Waals surface area contributed by atoms with Gasteiger partial charge in [0.15, 0.2) is 11.5 Å². The zero-order chi connectivity index (χ0) is 23.3. The third-order valence-electron chi connectivity index (χ3n) is 6.00. The molecule has 0 fully saturated rings. The van der Waals surface area contributed by atoms with Gasteiger partial charge in [-0.3, -0.25) is 9.59 Å². The maximum atomic E-state index is 13.2. The van der Waals surface area contributed by atoms with Gasteiger partial charge in [0.2, 0.25) is 0 Å². The second-order valence-electron chi connectivity index (χ2n) is 8.49. The van der Waals surface area contributed by atoms with E-state index in [2.05, 4.69) is 10.3 Å². The molecule has 1 aromatic heterocycles. The summed E-state index contributed by atoms with van der Waals surface area (Å²) < 4.78 is 0. The van der Waals surface area contributed by atoms with Crippen molar-refractivity contribution < 1.29 is 25.0 Å². The molecule has 32 heavy (non-hydrogen) atoms. The Morgan fingerprint density at radius 3 is 2.19 bits per heavy atom. The number of rotatable bonds is 10. The maximum absolute atomic E-state index is 13.2. The SMILES string of the molecule is CC(C)(C(=O)c1cn(O)nn1)C(Cc1ccc(-c2ccccc2)cc1)CC(CO)C(=O)O. The van der Waals surface area contributed by atoms with Crippen LogP contribution in [0.2, 0.25) is 0 Å². The minimum absolute atomic E-state index is 0.00204. The van der Waals surface area contributed by atoms with Crippen LogP contribution in [0.3, 0.4) is 0 Å². The average Bonchev–Trinajstić information content (AvgIpc) is 3.22. The molecule has 0 aliphatic rings. The number of aromatic nitrogens is 3. The van der Waals surface area contributed by atoms with Gasteiger partial charge >= 0.3 is 5.97 Å². The predicted octanol–water partition coefficient (Wildman–Crippen LogP) is 3.33. The van der Waals surface area contributed by atoms with Crippen molar-refractivity contribution in [2.24, 2.45) is 17.3 Å². The number of hydrogen-bond acceptors (Lipinski definition) is 6. The lowest BCUT2D eigenvalue weighted by Gasteiger charge is -2.34. The molecule has 3 aromatic rings. The molecule has 0 saturated carbocycles. The highest BCUT2D eigenvalue weighted by Gasteiger charge is 2.40. The van der Waals surface area contributed by atoms with Gasteiger partial charge in [-0.05, 0) is 40.7 Å². The number of ketones is 1. The van der Waals surface area contributed by atoms with Gasteiger partial charge < -0.3 is 15.4 Å². The summed E-state index contributed by atoms with van der Waals surface area (Å²) in [5.41, 5.74) is 2.07. The largest absolute Gasteiger partial charge is 0.481 e. The van der Waals surface area contributed by atoms with E-state index in [1.807, 2.05) is 54.6 Å². The second kappa shape index (κ2) is 9.74. The first-order valence-electron chi connectivity index (χ1n) is 10.4. The van der Waals surface area contributed by atoms with Crippen molar-refractivity contribution >= 4 is 11.8 Å². The van der Waals surface area contributed by atoms with Crippen molar-refractivity contribution in [1.82, 2.24) is 15.2 Å². The van der Waals surface area contributed by atoms with Gasteiger partial charge in [-0.15, -0.1) is 5.10 Å². The van der Waals surface area contributed by atoms with Crippen molar-refractivity contribution in [3.63, 3.8) is 0 Å². The molecule has 8 nitrogen and oxygen atoms in total. The smallest absolute Gasteiger partial charge is 0.308 e. The van der Waals surface area contributed by atoms with Crippen LogP contribution in [0.1, 0.15) is 36.3 Å². The molecule has 0 aliphatic heterocycles. The number of aliphatic hydroxyl groups is 1. The standard InChI is InChI=1S/C24H27N3O5/c1-24(2,22(29)21-14-27(32)26-25-21)20(13-19(15-28)23(30)31)12-16-8-10-18(11-9-16)17-6-4-3-5-7-17/h3-11,14,19-20,28,32H,12-13,15H2,1-2H3,(H,30,31). The Kier molecular flexibility index (Phi) is 7.05. The van der Waals surface area contributed by atoms with Gasteiger partial charge in [-0.25, -0.2) is 0 Å². The summed E-state index contributed by atoms with van der Waals surface area (Å²) in [7, 11) is 0. The number of Topliss-reactive ketones (excluding diaryl/α,β-unsaturated/α-hetero) is 1. The van der Waals surface area contributed by atoms with Crippen molar-refractivity contribution in [3.8, 4) is 11.1 Å². The summed E-state index contributed by atoms with van der Waals surface area (Å²) in [4.78, 5) is 25.2. The van der Waals surface area contributed by atoms with E-state index in [0.29, 0.717) is 11.3 Å². The van der Waals surface area contributed by atoms with E-state index in [4.69, 9.17) is 0 Å². The molecule has 0 radical (unpaired) electrons. The van der Waals surface area contributed by atoms with Gasteiger partial charge in [-0.1, -0.05) is 73.3 Å². The first kappa shape index (κ1) is 23.1. The van der Waals surface area contributed by atoms with Gasteiger partial charge in [0.1, 0.15) is 0 Å². The number of carbonyl (C=O) groups is 2. The summed E-state index contributed by atoms with van der Waals surface area (Å²) in [5.74, 6) is -2.87. The number of carboxylic acids is 1. The van der Waals surface area contributed by atoms with E-state index >= 15 is 0 Å². The van der Waals surface area contributed by atoms with Crippen LogP contribution < -0.4 is 0 Å². The quantitative estimate of drug-likeness (QED) is 0.328. The number of benzene rings is 2. The molecule has 0 bridgehead atoms. The fraction of sp³-hybridized carbons (Fsp3) is 0.333. The van der Waals surface area contributed by atoms with Gasteiger partial charge in [0.25, 0.3) is 0 Å². The fourth-order valence-electron chi connectivity index (χ4n) is 3.85. The Balaban J connectivity index is 1.88. The highest BCUT2D eigenvalue weighted by molar-refractivity contribution is 5.98. The van der Waals surface area contributed by atoms with Crippen molar-refractivity contribution in [2.75, 3.05) is 6.61 Å². The minimum atomic E-state index is -1.11. The molecule has 2 atom stereocenters. The third-order valence-corrected chi connectivity index (χ3v) is 6.00. The Morgan fingerprint density at radius 1 is 1.03 bits per heavy atom. The van der Waals surface area contributed by atoms with E-state index in [-0.39, 0.29) is 17.9 Å². The van der Waals surface area contributed by atoms with Crippen molar-refractivity contribution in [2.45, 2.75) is 26.7 Å². The molecule has 1 heterocycles. The third kappa shape index (κ3) is 5.20. The molecule has 0 aliphatic carbocycles. The summed E-state index contributed by atoms with van der Waals surface area (Å²) in [6.45, 7) is 2.94. The number of aliphatic hydroxyl groups excluding tert-OH is 1. The van der Waals surface area contributed by atoms with Crippen LogP contribution in [0.15, 0.2) is 60.8 Å². The second-order valence-corrected chi connectivity index (χ2v) is 8.49. The van der Waals surface area contributed by atoms with Crippen molar-refractivity contribution in [1.29, 1.82) is 0 Å². The van der Waals surface area contributed by atoms with Crippen LogP contribution in [-0.4, -0.2) is 48.9 Å². The summed E-state index contributed by atoms with van der Waals surface area (Å²) >= 11 is 0. The van der Waals surface area contributed by atoms with E-state index in [9.17, 15) is 25.0 Å². The molecular formula is C24H27N3O5. The molecule has 168 valence electrons. The van der Waals surface area contributed by atoms with Crippen LogP contribution in [0.5, 0.6) is 0 Å². The Hall–Kier alpha value is -3.52. The number of aliphatic carboxylic acids is 1. The lowest BCUT2D eigenvalue weighted by atomic mass is 9.68. The van der Waals surface area contributed by atoms with Crippen LogP contribution in [-0.2, 0) is 11.2 Å². The number of carbonyl (C=O) groups excluding carboxylic acids is 1. The fourth-order valence-corrected chi connectivity index (χ4v) is 3.85. The molecule has 2 unspecified atom stereocenters. The summed E-state index contributed by atoms with van der Waals surface area (Å²) in [6.07, 6.45) is 1.67. The topological polar surface area (TPSA) is 126 Å². The molecule has 2 aromatic carbocycles. The Morgan fingerprint density at radius 2 is 1.66 bits per heavy atom. The van der Waals surface area contributed by atoms with E-state index in [1.165, 1.54) is 0 Å². The zero-order valence-electron chi connectivity index (χ0n) is 18.0. The Bertz CT molecular complexity index is 1060. The highest BCUT2D eigenvalue weighted by Crippen LogP contribution is 2.37. The predicted molar refractivity (Wildman–Crippen MR) is 117 cm³/mol. The lowest BCUT2D eigenvalue weighted by molar-refractivity contribution is -0.144. The summed E-state index contributed by atoms with van der Waals surface area (Å²) in [5, 5.41) is 35.5. The van der Waals surface area contributed by atoms with Crippen LogP contribution >= 0.6 is 0 Å². The Labute approximate surface area is 186 Å². The van der Waals surface area contributed by atoms with Crippen LogP contribution in [0, 0.1) is 17.3 Å². The van der Waals surface area contributed by atoms with Crippen molar-refractivity contribution in [3.05, 3.63) is 72.1 Å². The maximum Gasteiger partial charge on any atom is 0.308 e. The van der Waals surface area contributed by atoms with E-state index in [1.54, 1.807) is 13.8 Å². The highest BCUT2D eigenvalue weighted by atomic mass is 16.5. The first-order valence-corrected chi connectivity index (χ1v) is 10.4.